The largest absolute Gasteiger partial charge is 0.326 e. The van der Waals surface area contributed by atoms with Gasteiger partial charge in [-0.15, -0.1) is 0 Å². The number of nitrogens with one attached hydrogen (secondary N) is 1. The van der Waals surface area contributed by atoms with Crippen LogP contribution >= 0.6 is 0 Å². The number of carbonyl (C=O) groups is 2. The zero-order valence-corrected chi connectivity index (χ0v) is 20.4. The van der Waals surface area contributed by atoms with Crippen LogP contribution < -0.4 is 5.32 Å². The highest BCUT2D eigenvalue weighted by molar-refractivity contribution is 7.89. The monoisotopic (exact) mass is 492 g/mol. The van der Waals surface area contributed by atoms with Gasteiger partial charge in [0.15, 0.2) is 0 Å². The van der Waals surface area contributed by atoms with Gasteiger partial charge in [0, 0.05) is 26.2 Å². The molecule has 0 aliphatic carbocycles. The summed E-state index contributed by atoms with van der Waals surface area (Å²) in [5.41, 5.74) is -0.311. The molecule has 5 rings (SSSR count). The Morgan fingerprint density at radius 1 is 0.857 bits per heavy atom. The van der Waals surface area contributed by atoms with Gasteiger partial charge in [-0.25, -0.2) is 18.1 Å². The van der Waals surface area contributed by atoms with Crippen LogP contribution in [-0.4, -0.2) is 67.3 Å². The number of nitrogens with zero attached hydrogens (tertiary/aromatic N) is 3. The van der Waals surface area contributed by atoms with Crippen LogP contribution in [0.3, 0.4) is 0 Å². The van der Waals surface area contributed by atoms with Crippen molar-refractivity contribution in [2.45, 2.75) is 23.8 Å². The molecular weight excluding hydrogens is 464 g/mol. The lowest BCUT2D eigenvalue weighted by Gasteiger charge is -2.35. The van der Waals surface area contributed by atoms with Crippen molar-refractivity contribution in [2.24, 2.45) is 0 Å². The highest BCUT2D eigenvalue weighted by Crippen LogP contribution is 2.32. The first-order valence-corrected chi connectivity index (χ1v) is 13.2. The summed E-state index contributed by atoms with van der Waals surface area (Å²) >= 11 is 0. The summed E-state index contributed by atoms with van der Waals surface area (Å²) < 4.78 is 28.0. The normalized spacial score (nSPS) is 22.0. The molecule has 0 spiro atoms. The third kappa shape index (κ3) is 4.09. The predicted octanol–water partition coefficient (Wildman–Crippen LogP) is 2.96. The fraction of sp³-hybridized carbons (Fsp3) is 0.308. The molecule has 3 aromatic rings. The van der Waals surface area contributed by atoms with Gasteiger partial charge in [0.1, 0.15) is 5.54 Å². The number of hydrogen-bond acceptors (Lipinski definition) is 5. The number of sulfonamides is 1. The molecule has 1 atom stereocenters. The number of hydrogen-bond donors (Lipinski definition) is 1. The van der Waals surface area contributed by atoms with Crippen LogP contribution in [0.2, 0.25) is 0 Å². The Balaban J connectivity index is 1.27. The van der Waals surface area contributed by atoms with Crippen molar-refractivity contribution in [1.29, 1.82) is 0 Å². The van der Waals surface area contributed by atoms with E-state index in [1.807, 2.05) is 72.5 Å². The van der Waals surface area contributed by atoms with Gasteiger partial charge in [0.05, 0.1) is 11.6 Å². The summed E-state index contributed by atoms with van der Waals surface area (Å²) in [5.74, 6) is -0.276. The second-order valence-electron chi connectivity index (χ2n) is 8.96. The number of carbonyl (C=O) groups excluding carboxylic acids is 2. The number of rotatable bonds is 6. The molecule has 2 aliphatic heterocycles. The number of urea groups is 1. The van der Waals surface area contributed by atoms with Crippen LogP contribution in [0.5, 0.6) is 0 Å². The SMILES string of the molecule is CC[C@]1(c2ccccc2)NC(=O)N(CN2CCN(S(=O)(=O)c3ccc4ccccc4c3)CC2)C1=O. The van der Waals surface area contributed by atoms with Crippen molar-refractivity contribution < 1.29 is 18.0 Å². The minimum atomic E-state index is -3.64. The van der Waals surface area contributed by atoms with Crippen molar-refractivity contribution in [3.63, 3.8) is 0 Å². The Morgan fingerprint density at radius 3 is 2.20 bits per heavy atom. The molecule has 0 radical (unpaired) electrons. The highest BCUT2D eigenvalue weighted by Gasteiger charge is 2.51. The van der Waals surface area contributed by atoms with E-state index in [4.69, 9.17) is 0 Å². The first-order chi connectivity index (χ1) is 16.8. The van der Waals surface area contributed by atoms with Crippen molar-refractivity contribution in [1.82, 2.24) is 19.4 Å². The Labute approximate surface area is 205 Å². The lowest BCUT2D eigenvalue weighted by Crippen LogP contribution is -2.52. The molecule has 3 aromatic carbocycles. The molecule has 2 saturated heterocycles. The van der Waals surface area contributed by atoms with E-state index in [2.05, 4.69) is 5.32 Å². The molecule has 8 nitrogen and oxygen atoms in total. The average Bonchev–Trinajstić information content (AvgIpc) is 3.14. The second-order valence-corrected chi connectivity index (χ2v) is 10.9. The van der Waals surface area contributed by atoms with Crippen molar-refractivity contribution in [3.8, 4) is 0 Å². The summed E-state index contributed by atoms with van der Waals surface area (Å²) in [5, 5.41) is 4.76. The maximum absolute atomic E-state index is 13.4. The van der Waals surface area contributed by atoms with Gasteiger partial charge in [-0.3, -0.25) is 9.69 Å². The summed E-state index contributed by atoms with van der Waals surface area (Å²) in [7, 11) is -3.64. The van der Waals surface area contributed by atoms with E-state index >= 15 is 0 Å². The van der Waals surface area contributed by atoms with Gasteiger partial charge in [-0.2, -0.15) is 4.31 Å². The van der Waals surface area contributed by atoms with Gasteiger partial charge < -0.3 is 5.32 Å². The maximum atomic E-state index is 13.4. The van der Waals surface area contributed by atoms with Gasteiger partial charge in [-0.1, -0.05) is 67.6 Å². The standard InChI is InChI=1S/C26H28N4O4S/c1-2-26(22-10-4-3-5-11-22)24(31)30(25(32)27-26)19-28-14-16-29(17-15-28)35(33,34)23-13-12-20-8-6-7-9-21(20)18-23/h3-13,18H,2,14-17,19H2,1H3,(H,27,32)/t26-/m1/s1. The van der Waals surface area contributed by atoms with Gasteiger partial charge in [-0.05, 0) is 34.9 Å². The second kappa shape index (κ2) is 9.07. The maximum Gasteiger partial charge on any atom is 0.326 e. The molecule has 0 unspecified atom stereocenters. The van der Waals surface area contributed by atoms with Crippen LogP contribution in [0.4, 0.5) is 4.79 Å². The Bertz CT molecular complexity index is 1370. The molecule has 0 bridgehead atoms. The quantitative estimate of drug-likeness (QED) is 0.535. The van der Waals surface area contributed by atoms with E-state index in [9.17, 15) is 18.0 Å². The third-order valence-electron chi connectivity index (χ3n) is 7.00. The number of amides is 3. The fourth-order valence-electron chi connectivity index (χ4n) is 4.90. The number of piperazine rings is 1. The van der Waals surface area contributed by atoms with Gasteiger partial charge in [0.2, 0.25) is 10.0 Å². The molecule has 9 heteroatoms. The lowest BCUT2D eigenvalue weighted by molar-refractivity contribution is -0.133. The Hall–Kier alpha value is -3.27. The van der Waals surface area contributed by atoms with Crippen molar-refractivity contribution >= 4 is 32.7 Å². The zero-order valence-electron chi connectivity index (χ0n) is 19.6. The molecule has 1 N–H and O–H groups in total. The smallest absolute Gasteiger partial charge is 0.319 e. The first-order valence-electron chi connectivity index (χ1n) is 11.8. The molecule has 35 heavy (non-hydrogen) atoms. The molecule has 0 aromatic heterocycles. The van der Waals surface area contributed by atoms with E-state index in [0.717, 1.165) is 16.3 Å². The van der Waals surface area contributed by atoms with Gasteiger partial charge >= 0.3 is 6.03 Å². The predicted molar refractivity (Wildman–Crippen MR) is 133 cm³/mol. The van der Waals surface area contributed by atoms with Crippen molar-refractivity contribution in [2.75, 3.05) is 32.8 Å². The van der Waals surface area contributed by atoms with E-state index < -0.39 is 21.6 Å². The number of benzene rings is 3. The molecule has 0 saturated carbocycles. The van der Waals surface area contributed by atoms with Crippen LogP contribution in [0.25, 0.3) is 10.8 Å². The fourth-order valence-corrected chi connectivity index (χ4v) is 6.36. The summed E-state index contributed by atoms with van der Waals surface area (Å²) in [6.45, 7) is 3.43. The van der Waals surface area contributed by atoms with E-state index in [0.29, 0.717) is 19.5 Å². The Kier molecular flexibility index (Phi) is 6.08. The van der Waals surface area contributed by atoms with Crippen LogP contribution in [-0.2, 0) is 20.4 Å². The minimum absolute atomic E-state index is 0.128. The molecular formula is C26H28N4O4S. The van der Waals surface area contributed by atoms with E-state index in [1.165, 1.54) is 9.21 Å². The van der Waals surface area contributed by atoms with Crippen LogP contribution in [0.1, 0.15) is 18.9 Å². The third-order valence-corrected chi connectivity index (χ3v) is 8.90. The minimum Gasteiger partial charge on any atom is -0.319 e. The summed E-state index contributed by atoms with van der Waals surface area (Å²) in [6, 6.07) is 21.7. The average molecular weight is 493 g/mol. The molecule has 3 amide bonds. The van der Waals surface area contributed by atoms with E-state index in [1.54, 1.807) is 12.1 Å². The molecule has 2 heterocycles. The molecule has 2 fully saturated rings. The number of fused-ring (bicyclic) bond motifs is 1. The summed E-state index contributed by atoms with van der Waals surface area (Å²) in [6.07, 6.45) is 0.440. The van der Waals surface area contributed by atoms with Crippen LogP contribution in [0, 0.1) is 0 Å². The molecule has 2 aliphatic rings. The lowest BCUT2D eigenvalue weighted by atomic mass is 9.87. The number of imide groups is 1. The topological polar surface area (TPSA) is 90.0 Å². The summed E-state index contributed by atoms with van der Waals surface area (Å²) in [4.78, 5) is 29.6. The van der Waals surface area contributed by atoms with E-state index in [-0.39, 0.29) is 30.6 Å². The first kappa shape index (κ1) is 23.5. The van der Waals surface area contributed by atoms with Crippen LogP contribution in [0.15, 0.2) is 77.7 Å². The van der Waals surface area contributed by atoms with Gasteiger partial charge in [0.25, 0.3) is 5.91 Å². The highest BCUT2D eigenvalue weighted by atomic mass is 32.2. The molecule has 182 valence electrons. The Morgan fingerprint density at radius 2 is 1.51 bits per heavy atom. The van der Waals surface area contributed by atoms with Crippen molar-refractivity contribution in [3.05, 3.63) is 78.4 Å². The zero-order chi connectivity index (χ0) is 24.6.